The van der Waals surface area contributed by atoms with Crippen LogP contribution in [0, 0.1) is 13.8 Å². The molecule has 6 nitrogen and oxygen atoms in total. The molecule has 1 atom stereocenters. The monoisotopic (exact) mass is 405 g/mol. The Bertz CT molecular complexity index is 1070. The van der Waals surface area contributed by atoms with E-state index in [9.17, 15) is 9.59 Å². The van der Waals surface area contributed by atoms with Crippen molar-refractivity contribution < 1.29 is 23.8 Å². The molecule has 4 rings (SSSR count). The van der Waals surface area contributed by atoms with E-state index in [0.717, 1.165) is 29.2 Å². The van der Waals surface area contributed by atoms with Crippen molar-refractivity contribution in [3.63, 3.8) is 0 Å². The molecule has 1 unspecified atom stereocenters. The largest absolute Gasteiger partial charge is 0.486 e. The van der Waals surface area contributed by atoms with Crippen molar-refractivity contribution in [2.24, 2.45) is 0 Å². The smallest absolute Gasteiger partial charge is 0.202 e. The topological polar surface area (TPSA) is 66.8 Å². The van der Waals surface area contributed by atoms with Gasteiger partial charge >= 0.3 is 0 Å². The fraction of sp³-hybridized carbons (Fsp3) is 0.250. The van der Waals surface area contributed by atoms with Crippen LogP contribution in [0.3, 0.4) is 0 Å². The Kier molecular flexibility index (Phi) is 5.57. The lowest BCUT2D eigenvalue weighted by Gasteiger charge is -2.27. The third-order valence-corrected chi connectivity index (χ3v) is 5.21. The lowest BCUT2D eigenvalue weighted by Crippen LogP contribution is -2.33. The molecule has 1 aliphatic rings. The summed E-state index contributed by atoms with van der Waals surface area (Å²) in [5.41, 5.74) is 3.05. The molecule has 0 N–H and O–H groups in total. The van der Waals surface area contributed by atoms with Gasteiger partial charge in [-0.05, 0) is 56.3 Å². The van der Waals surface area contributed by atoms with Crippen LogP contribution in [0.4, 0.5) is 0 Å². The van der Waals surface area contributed by atoms with Crippen molar-refractivity contribution in [1.82, 2.24) is 4.57 Å². The number of aryl methyl sites for hydroxylation is 1. The summed E-state index contributed by atoms with van der Waals surface area (Å²) in [6.07, 6.45) is 0.629. The maximum atomic E-state index is 12.7. The minimum atomic E-state index is -0.139. The molecule has 0 radical (unpaired) electrons. The number of Topliss-reactive ketones (excluding diaryl/α,β-unsaturated/α-hetero) is 1. The van der Waals surface area contributed by atoms with Crippen LogP contribution in [0.15, 0.2) is 54.6 Å². The molecule has 0 spiro atoms. The molecule has 1 aliphatic heterocycles. The molecule has 2 aromatic carbocycles. The number of nitrogens with zero attached hydrogens (tertiary/aromatic N) is 1. The SMILES string of the molecule is Cc1cc(C(=O)COc2ccc(C=O)cc2)c(C)n1CC1COc2ccccc2O1. The maximum Gasteiger partial charge on any atom is 0.202 e. The number of carbonyl (C=O) groups is 2. The molecule has 3 aromatic rings. The van der Waals surface area contributed by atoms with Gasteiger partial charge in [0, 0.05) is 22.5 Å². The van der Waals surface area contributed by atoms with E-state index in [0.29, 0.717) is 30.0 Å². The molecule has 0 saturated heterocycles. The summed E-state index contributed by atoms with van der Waals surface area (Å²) in [5.74, 6) is 1.94. The molecule has 154 valence electrons. The average Bonchev–Trinajstić information content (AvgIpc) is 3.06. The van der Waals surface area contributed by atoms with Gasteiger partial charge in [-0.25, -0.2) is 0 Å². The maximum absolute atomic E-state index is 12.7. The van der Waals surface area contributed by atoms with Crippen molar-refractivity contribution >= 4 is 12.1 Å². The van der Waals surface area contributed by atoms with Crippen molar-refractivity contribution in [3.05, 3.63) is 77.1 Å². The van der Waals surface area contributed by atoms with Crippen molar-refractivity contribution in [2.45, 2.75) is 26.5 Å². The van der Waals surface area contributed by atoms with Crippen LogP contribution >= 0.6 is 0 Å². The van der Waals surface area contributed by atoms with E-state index < -0.39 is 0 Å². The second-order valence-electron chi connectivity index (χ2n) is 7.29. The number of hydrogen-bond donors (Lipinski definition) is 0. The molecule has 6 heteroatoms. The Labute approximate surface area is 175 Å². The summed E-state index contributed by atoms with van der Waals surface area (Å²) in [5, 5.41) is 0. The fourth-order valence-electron chi connectivity index (χ4n) is 3.59. The number of aromatic nitrogens is 1. The van der Waals surface area contributed by atoms with Crippen LogP contribution in [-0.4, -0.2) is 36.0 Å². The van der Waals surface area contributed by atoms with Crippen LogP contribution < -0.4 is 14.2 Å². The first kappa shape index (κ1) is 19.8. The number of fused-ring (bicyclic) bond motifs is 1. The molecule has 0 bridgehead atoms. The van der Waals surface area contributed by atoms with Crippen LogP contribution in [-0.2, 0) is 6.54 Å². The first-order chi connectivity index (χ1) is 14.5. The van der Waals surface area contributed by atoms with Gasteiger partial charge in [-0.15, -0.1) is 0 Å². The van der Waals surface area contributed by atoms with Crippen LogP contribution in [0.1, 0.15) is 32.1 Å². The molecule has 0 fully saturated rings. The normalized spacial score (nSPS) is 14.9. The van der Waals surface area contributed by atoms with E-state index in [-0.39, 0.29) is 18.5 Å². The summed E-state index contributed by atoms with van der Waals surface area (Å²) >= 11 is 0. The number of para-hydroxylation sites is 2. The van der Waals surface area contributed by atoms with Gasteiger partial charge in [-0.2, -0.15) is 0 Å². The van der Waals surface area contributed by atoms with E-state index in [4.69, 9.17) is 14.2 Å². The van der Waals surface area contributed by atoms with E-state index in [1.807, 2.05) is 44.2 Å². The van der Waals surface area contributed by atoms with Gasteiger partial charge < -0.3 is 18.8 Å². The zero-order chi connectivity index (χ0) is 21.1. The molecule has 0 amide bonds. The second kappa shape index (κ2) is 8.45. The number of rotatable bonds is 7. The lowest BCUT2D eigenvalue weighted by molar-refractivity contribution is 0.0777. The predicted molar refractivity (Wildman–Crippen MR) is 112 cm³/mol. The zero-order valence-corrected chi connectivity index (χ0v) is 17.0. The zero-order valence-electron chi connectivity index (χ0n) is 17.0. The molecule has 0 saturated carbocycles. The fourth-order valence-corrected chi connectivity index (χ4v) is 3.59. The molecule has 0 aliphatic carbocycles. The van der Waals surface area contributed by atoms with Crippen molar-refractivity contribution in [3.8, 4) is 17.2 Å². The molecular weight excluding hydrogens is 382 g/mol. The molecule has 1 aromatic heterocycles. The summed E-state index contributed by atoms with van der Waals surface area (Å²) in [6, 6.07) is 16.2. The standard InChI is InChI=1S/C24H23NO5/c1-16-11-21(22(27)15-28-19-9-7-18(13-26)8-10-19)17(2)25(16)12-20-14-29-23-5-3-4-6-24(23)30-20/h3-11,13,20H,12,14-15H2,1-2H3. The quantitative estimate of drug-likeness (QED) is 0.439. The van der Waals surface area contributed by atoms with Crippen molar-refractivity contribution in [1.29, 1.82) is 0 Å². The lowest BCUT2D eigenvalue weighted by atomic mass is 10.1. The Morgan fingerprint density at radius 1 is 1.13 bits per heavy atom. The third-order valence-electron chi connectivity index (χ3n) is 5.21. The average molecular weight is 405 g/mol. The van der Waals surface area contributed by atoms with Gasteiger partial charge in [-0.3, -0.25) is 9.59 Å². The molecule has 2 heterocycles. The van der Waals surface area contributed by atoms with Gasteiger partial charge in [-0.1, -0.05) is 12.1 Å². The number of carbonyl (C=O) groups excluding carboxylic acids is 2. The number of ether oxygens (including phenoxy) is 3. The van der Waals surface area contributed by atoms with Gasteiger partial charge in [0.15, 0.2) is 24.2 Å². The summed E-state index contributed by atoms with van der Waals surface area (Å²) in [4.78, 5) is 23.5. The highest BCUT2D eigenvalue weighted by Crippen LogP contribution is 2.31. The first-order valence-corrected chi connectivity index (χ1v) is 9.81. The first-order valence-electron chi connectivity index (χ1n) is 9.81. The van der Waals surface area contributed by atoms with Gasteiger partial charge in [0.1, 0.15) is 18.6 Å². The molecule has 30 heavy (non-hydrogen) atoms. The summed E-state index contributed by atoms with van der Waals surface area (Å²) < 4.78 is 19.5. The molecular formula is C24H23NO5. The van der Waals surface area contributed by atoms with E-state index in [1.54, 1.807) is 24.3 Å². The van der Waals surface area contributed by atoms with E-state index in [2.05, 4.69) is 4.57 Å². The van der Waals surface area contributed by atoms with Crippen LogP contribution in [0.5, 0.6) is 17.2 Å². The Balaban J connectivity index is 1.42. The van der Waals surface area contributed by atoms with Crippen LogP contribution in [0.2, 0.25) is 0 Å². The Hall–Kier alpha value is -3.54. The van der Waals surface area contributed by atoms with Crippen molar-refractivity contribution in [2.75, 3.05) is 13.2 Å². The van der Waals surface area contributed by atoms with Gasteiger partial charge in [0.25, 0.3) is 0 Å². The summed E-state index contributed by atoms with van der Waals surface area (Å²) in [6.45, 7) is 4.88. The summed E-state index contributed by atoms with van der Waals surface area (Å²) in [7, 11) is 0. The highest BCUT2D eigenvalue weighted by molar-refractivity contribution is 5.98. The minimum Gasteiger partial charge on any atom is -0.486 e. The Morgan fingerprint density at radius 2 is 1.87 bits per heavy atom. The van der Waals surface area contributed by atoms with Crippen LogP contribution in [0.25, 0.3) is 0 Å². The highest BCUT2D eigenvalue weighted by Gasteiger charge is 2.24. The van der Waals surface area contributed by atoms with E-state index >= 15 is 0 Å². The number of aldehydes is 1. The number of benzene rings is 2. The second-order valence-corrected chi connectivity index (χ2v) is 7.29. The van der Waals surface area contributed by atoms with Gasteiger partial charge in [0.2, 0.25) is 5.78 Å². The van der Waals surface area contributed by atoms with E-state index in [1.165, 1.54) is 0 Å². The minimum absolute atomic E-state index is 0.0683. The van der Waals surface area contributed by atoms with Gasteiger partial charge in [0.05, 0.1) is 6.54 Å². The highest BCUT2D eigenvalue weighted by atomic mass is 16.6. The third kappa shape index (κ3) is 4.08. The Morgan fingerprint density at radius 3 is 2.60 bits per heavy atom. The number of hydrogen-bond acceptors (Lipinski definition) is 5. The number of ketones is 1. The predicted octanol–water partition coefficient (Wildman–Crippen LogP) is 4.02.